The summed E-state index contributed by atoms with van der Waals surface area (Å²) in [6, 6.07) is 6.57. The second-order valence-electron chi connectivity index (χ2n) is 3.49. The van der Waals surface area contributed by atoms with E-state index in [0.717, 1.165) is 0 Å². The molecule has 0 aliphatic heterocycles. The van der Waals surface area contributed by atoms with Crippen molar-refractivity contribution in [2.45, 2.75) is 6.61 Å². The van der Waals surface area contributed by atoms with Crippen LogP contribution in [-0.4, -0.2) is 22.3 Å². The summed E-state index contributed by atoms with van der Waals surface area (Å²) in [5, 5.41) is 21.3. The lowest BCUT2D eigenvalue weighted by Crippen LogP contribution is -2.02. The van der Waals surface area contributed by atoms with Crippen molar-refractivity contribution in [3.05, 3.63) is 36.0 Å². The molecular formula is C12H11N3O4. The predicted molar refractivity (Wildman–Crippen MR) is 63.0 cm³/mol. The molecule has 0 aliphatic rings. The summed E-state index contributed by atoms with van der Waals surface area (Å²) in [5.41, 5.74) is 0.582. The van der Waals surface area contributed by atoms with E-state index in [2.05, 4.69) is 5.10 Å². The first kappa shape index (κ1) is 12.6. The highest BCUT2D eigenvalue weighted by molar-refractivity contribution is 5.45. The molecule has 19 heavy (non-hydrogen) atoms. The summed E-state index contributed by atoms with van der Waals surface area (Å²) < 4.78 is 15.4. The lowest BCUT2D eigenvalue weighted by molar-refractivity contribution is 0.141. The first-order chi connectivity index (χ1) is 9.24. The van der Waals surface area contributed by atoms with Crippen molar-refractivity contribution in [2.24, 2.45) is 0 Å². The number of hydrogen-bond donors (Lipinski definition) is 1. The topological polar surface area (TPSA) is 89.5 Å². The van der Waals surface area contributed by atoms with E-state index < -0.39 is 0 Å². The maximum atomic E-state index is 9.02. The molecule has 2 aromatic rings. The maximum absolute atomic E-state index is 9.02. The summed E-state index contributed by atoms with van der Waals surface area (Å²) in [6.07, 6.45) is 2.94. The molecule has 7 nitrogen and oxygen atoms in total. The first-order valence-electron chi connectivity index (χ1n) is 5.34. The molecule has 1 aromatic carbocycles. The van der Waals surface area contributed by atoms with E-state index >= 15 is 0 Å². The lowest BCUT2D eigenvalue weighted by Gasteiger charge is -2.11. The van der Waals surface area contributed by atoms with Gasteiger partial charge in [-0.2, -0.15) is 0 Å². The molecule has 0 fully saturated rings. The molecule has 2 rings (SSSR count). The highest BCUT2D eigenvalue weighted by atomic mass is 16.5. The van der Waals surface area contributed by atoms with Crippen LogP contribution in [0.1, 0.15) is 5.56 Å². The van der Waals surface area contributed by atoms with Crippen LogP contribution in [0.3, 0.4) is 0 Å². The zero-order valence-corrected chi connectivity index (χ0v) is 10.1. The number of benzene rings is 1. The second kappa shape index (κ2) is 5.64. The van der Waals surface area contributed by atoms with Crippen LogP contribution >= 0.6 is 0 Å². The number of hydrogen-bond acceptors (Lipinski definition) is 6. The Hall–Kier alpha value is -2.88. The Bertz CT molecular complexity index is 603. The standard InChI is InChI=1S/C12H11N3O4/c1-17-10-3-2-4-11(19-8-13)9(10)7-18-12-5-6-15(16)14-12/h2-6,16H,7H2,1H3. The molecule has 0 spiro atoms. The Balaban J connectivity index is 2.20. The molecule has 7 heteroatoms. The third-order valence-corrected chi connectivity index (χ3v) is 2.38. The van der Waals surface area contributed by atoms with Gasteiger partial charge in [-0.3, -0.25) is 0 Å². The molecule has 0 unspecified atom stereocenters. The summed E-state index contributed by atoms with van der Waals surface area (Å²) in [6.45, 7) is 0.0953. The van der Waals surface area contributed by atoms with Crippen LogP contribution in [0.5, 0.6) is 17.4 Å². The normalized spacial score (nSPS) is 9.68. The van der Waals surface area contributed by atoms with Gasteiger partial charge < -0.3 is 19.4 Å². The molecular weight excluding hydrogens is 250 g/mol. The van der Waals surface area contributed by atoms with E-state index in [1.54, 1.807) is 24.5 Å². The summed E-state index contributed by atoms with van der Waals surface area (Å²) in [5.74, 6) is 1.14. The van der Waals surface area contributed by atoms with Crippen LogP contribution in [-0.2, 0) is 6.61 Å². The van der Waals surface area contributed by atoms with Crippen molar-refractivity contribution in [1.29, 1.82) is 5.26 Å². The van der Waals surface area contributed by atoms with Crippen molar-refractivity contribution in [1.82, 2.24) is 9.94 Å². The molecule has 1 aromatic heterocycles. The number of nitriles is 1. The van der Waals surface area contributed by atoms with Crippen LogP contribution in [0, 0.1) is 11.5 Å². The Morgan fingerprint density at radius 2 is 2.16 bits per heavy atom. The SMILES string of the molecule is COc1cccc(OC#N)c1COc1ccn(O)n1. The van der Waals surface area contributed by atoms with Gasteiger partial charge in [0.25, 0.3) is 6.26 Å². The molecule has 0 aliphatic carbocycles. The third kappa shape index (κ3) is 2.87. The van der Waals surface area contributed by atoms with E-state index in [-0.39, 0.29) is 12.5 Å². The minimum atomic E-state index is 0.0953. The van der Waals surface area contributed by atoms with Crippen molar-refractivity contribution < 1.29 is 19.4 Å². The average molecular weight is 261 g/mol. The Morgan fingerprint density at radius 1 is 1.37 bits per heavy atom. The number of rotatable bonds is 5. The van der Waals surface area contributed by atoms with Crippen molar-refractivity contribution in [3.63, 3.8) is 0 Å². The molecule has 0 radical (unpaired) electrons. The van der Waals surface area contributed by atoms with Crippen LogP contribution in [0.25, 0.3) is 0 Å². The van der Waals surface area contributed by atoms with Gasteiger partial charge in [-0.1, -0.05) is 11.2 Å². The Labute approximate surface area is 109 Å². The molecule has 1 N–H and O–H groups in total. The molecule has 0 saturated heterocycles. The van der Waals surface area contributed by atoms with Gasteiger partial charge in [0, 0.05) is 6.07 Å². The molecule has 1 heterocycles. The largest absolute Gasteiger partial charge is 0.496 e. The van der Waals surface area contributed by atoms with Gasteiger partial charge >= 0.3 is 0 Å². The molecule has 0 saturated carbocycles. The van der Waals surface area contributed by atoms with Crippen LogP contribution < -0.4 is 14.2 Å². The number of aromatic nitrogens is 2. The summed E-state index contributed by atoms with van der Waals surface area (Å²) >= 11 is 0. The Morgan fingerprint density at radius 3 is 2.79 bits per heavy atom. The average Bonchev–Trinajstić information content (AvgIpc) is 2.83. The van der Waals surface area contributed by atoms with Gasteiger partial charge in [0.1, 0.15) is 12.4 Å². The lowest BCUT2D eigenvalue weighted by atomic mass is 10.2. The number of nitrogens with zero attached hydrogens (tertiary/aromatic N) is 3. The fourth-order valence-electron chi connectivity index (χ4n) is 1.54. The minimum absolute atomic E-state index is 0.0953. The monoisotopic (exact) mass is 261 g/mol. The van der Waals surface area contributed by atoms with Crippen molar-refractivity contribution >= 4 is 0 Å². The number of ether oxygens (including phenoxy) is 3. The summed E-state index contributed by atoms with van der Waals surface area (Å²) in [4.78, 5) is 0.643. The van der Waals surface area contributed by atoms with Crippen LogP contribution in [0.15, 0.2) is 30.5 Å². The van der Waals surface area contributed by atoms with Gasteiger partial charge in [0.15, 0.2) is 5.75 Å². The maximum Gasteiger partial charge on any atom is 0.292 e. The van der Waals surface area contributed by atoms with E-state index in [4.69, 9.17) is 24.7 Å². The minimum Gasteiger partial charge on any atom is -0.496 e. The van der Waals surface area contributed by atoms with Crippen LogP contribution in [0.4, 0.5) is 0 Å². The zero-order chi connectivity index (χ0) is 13.7. The first-order valence-corrected chi connectivity index (χ1v) is 5.34. The van der Waals surface area contributed by atoms with Gasteiger partial charge in [0.2, 0.25) is 5.88 Å². The van der Waals surface area contributed by atoms with Crippen molar-refractivity contribution in [3.8, 4) is 23.6 Å². The van der Waals surface area contributed by atoms with Crippen LogP contribution in [0.2, 0.25) is 0 Å². The third-order valence-electron chi connectivity index (χ3n) is 2.38. The van der Waals surface area contributed by atoms with E-state index in [1.165, 1.54) is 19.4 Å². The quantitative estimate of drug-likeness (QED) is 0.649. The summed E-state index contributed by atoms with van der Waals surface area (Å²) in [7, 11) is 1.51. The zero-order valence-electron chi connectivity index (χ0n) is 10.1. The smallest absolute Gasteiger partial charge is 0.292 e. The van der Waals surface area contributed by atoms with E-state index in [0.29, 0.717) is 21.9 Å². The predicted octanol–water partition coefficient (Wildman–Crippen LogP) is 1.57. The van der Waals surface area contributed by atoms with E-state index in [9.17, 15) is 0 Å². The van der Waals surface area contributed by atoms with Gasteiger partial charge in [-0.25, -0.2) is 0 Å². The molecule has 0 bridgehead atoms. The van der Waals surface area contributed by atoms with Crippen molar-refractivity contribution in [2.75, 3.05) is 7.11 Å². The fourth-order valence-corrected chi connectivity index (χ4v) is 1.54. The highest BCUT2D eigenvalue weighted by Crippen LogP contribution is 2.29. The molecule has 0 amide bonds. The highest BCUT2D eigenvalue weighted by Gasteiger charge is 2.12. The van der Waals surface area contributed by atoms with Gasteiger partial charge in [-0.05, 0) is 12.1 Å². The van der Waals surface area contributed by atoms with E-state index in [1.807, 2.05) is 0 Å². The number of methoxy groups -OCH3 is 1. The fraction of sp³-hybridized carbons (Fsp3) is 0.167. The molecule has 98 valence electrons. The van der Waals surface area contributed by atoms with Gasteiger partial charge in [0.05, 0.1) is 18.9 Å². The van der Waals surface area contributed by atoms with Gasteiger partial charge in [-0.15, -0.1) is 10.1 Å². The molecule has 0 atom stereocenters. The second-order valence-corrected chi connectivity index (χ2v) is 3.49. The Kier molecular flexibility index (Phi) is 3.73.